The number of ether oxygens (including phenoxy) is 2. The summed E-state index contributed by atoms with van der Waals surface area (Å²) in [5.41, 5.74) is 6.91. The number of hydrogen-bond acceptors (Lipinski definition) is 7. The Morgan fingerprint density at radius 2 is 2.00 bits per heavy atom. The fraction of sp³-hybridized carbons (Fsp3) is 1.00. The summed E-state index contributed by atoms with van der Waals surface area (Å²) in [5.74, 6) is -1.13. The highest BCUT2D eigenvalue weighted by atomic mass is 16.8. The van der Waals surface area contributed by atoms with E-state index in [2.05, 4.69) is 10.0 Å². The SMILES string of the molecule is CC1(C)O[C@@H]([C@@H](O)[C@H](O)CO)[C@](CO)(CN=[N+]=[N-])O1. The fourth-order valence-corrected chi connectivity index (χ4v) is 2.12. The molecule has 1 rings (SSSR count). The monoisotopic (exact) mass is 277 g/mol. The van der Waals surface area contributed by atoms with Gasteiger partial charge in [0.05, 0.1) is 19.8 Å². The first-order chi connectivity index (χ1) is 8.82. The average molecular weight is 277 g/mol. The Morgan fingerprint density at radius 3 is 2.47 bits per heavy atom. The van der Waals surface area contributed by atoms with Gasteiger partial charge in [-0.05, 0) is 19.4 Å². The van der Waals surface area contributed by atoms with Gasteiger partial charge in [0.15, 0.2) is 5.79 Å². The topological polar surface area (TPSA) is 148 Å². The van der Waals surface area contributed by atoms with Crippen molar-refractivity contribution in [2.45, 2.75) is 43.5 Å². The molecule has 0 aromatic carbocycles. The van der Waals surface area contributed by atoms with Gasteiger partial charge in [-0.15, -0.1) is 0 Å². The molecular formula is C10H19N3O6. The third kappa shape index (κ3) is 3.34. The molecule has 0 aliphatic carbocycles. The maximum Gasteiger partial charge on any atom is 0.164 e. The van der Waals surface area contributed by atoms with Crippen LogP contribution in [0.1, 0.15) is 13.8 Å². The molecule has 0 aromatic rings. The molecule has 4 atom stereocenters. The minimum Gasteiger partial charge on any atom is -0.394 e. The Kier molecular flexibility index (Phi) is 5.11. The van der Waals surface area contributed by atoms with Crippen LogP contribution < -0.4 is 0 Å². The molecule has 0 unspecified atom stereocenters. The van der Waals surface area contributed by atoms with Crippen LogP contribution in [-0.4, -0.2) is 69.9 Å². The maximum atomic E-state index is 9.95. The quantitative estimate of drug-likeness (QED) is 0.275. The van der Waals surface area contributed by atoms with E-state index in [0.717, 1.165) is 0 Å². The molecule has 9 nitrogen and oxygen atoms in total. The highest BCUT2D eigenvalue weighted by Crippen LogP contribution is 2.39. The molecule has 1 saturated heterocycles. The normalized spacial score (nSPS) is 32.6. The van der Waals surface area contributed by atoms with Gasteiger partial charge in [-0.3, -0.25) is 0 Å². The number of rotatable bonds is 6. The molecule has 1 aliphatic rings. The van der Waals surface area contributed by atoms with Crippen LogP contribution in [0.15, 0.2) is 5.11 Å². The van der Waals surface area contributed by atoms with Gasteiger partial charge in [-0.25, -0.2) is 0 Å². The Hall–Kier alpha value is -0.930. The first-order valence-electron chi connectivity index (χ1n) is 5.78. The number of aliphatic hydroxyl groups is 4. The smallest absolute Gasteiger partial charge is 0.164 e. The summed E-state index contributed by atoms with van der Waals surface area (Å²) in [6.45, 7) is 1.60. The van der Waals surface area contributed by atoms with Gasteiger partial charge in [0.1, 0.15) is 23.9 Å². The molecule has 0 aromatic heterocycles. The predicted octanol–water partition coefficient (Wildman–Crippen LogP) is -1.11. The molecule has 110 valence electrons. The third-order valence-electron chi connectivity index (χ3n) is 2.94. The van der Waals surface area contributed by atoms with Crippen molar-refractivity contribution >= 4 is 0 Å². The lowest BCUT2D eigenvalue weighted by Crippen LogP contribution is -2.55. The number of nitrogens with zero attached hydrogens (tertiary/aromatic N) is 3. The van der Waals surface area contributed by atoms with E-state index in [1.54, 1.807) is 13.8 Å². The van der Waals surface area contributed by atoms with Crippen molar-refractivity contribution < 1.29 is 29.9 Å². The highest BCUT2D eigenvalue weighted by molar-refractivity contribution is 5.02. The van der Waals surface area contributed by atoms with Crippen molar-refractivity contribution in [2.24, 2.45) is 5.11 Å². The summed E-state index contributed by atoms with van der Waals surface area (Å²) in [5, 5.41) is 41.2. The zero-order valence-electron chi connectivity index (χ0n) is 10.8. The summed E-state index contributed by atoms with van der Waals surface area (Å²) in [6, 6.07) is 0. The molecule has 0 amide bonds. The summed E-state index contributed by atoms with van der Waals surface area (Å²) < 4.78 is 11.0. The molecule has 4 N–H and O–H groups in total. The largest absolute Gasteiger partial charge is 0.394 e. The van der Waals surface area contributed by atoms with Gasteiger partial charge in [0.25, 0.3) is 0 Å². The van der Waals surface area contributed by atoms with Gasteiger partial charge in [0, 0.05) is 4.91 Å². The van der Waals surface area contributed by atoms with Crippen LogP contribution in [0.2, 0.25) is 0 Å². The Morgan fingerprint density at radius 1 is 1.37 bits per heavy atom. The lowest BCUT2D eigenvalue weighted by Gasteiger charge is -2.33. The molecular weight excluding hydrogens is 258 g/mol. The first kappa shape index (κ1) is 16.1. The minimum absolute atomic E-state index is 0.274. The second kappa shape index (κ2) is 6.02. The minimum atomic E-state index is -1.49. The number of hydrogen-bond donors (Lipinski definition) is 4. The van der Waals surface area contributed by atoms with Crippen molar-refractivity contribution in [1.82, 2.24) is 0 Å². The van der Waals surface area contributed by atoms with Gasteiger partial charge < -0.3 is 29.9 Å². The second-order valence-corrected chi connectivity index (χ2v) is 4.89. The Bertz CT molecular complexity index is 359. The number of azide groups is 1. The Balaban J connectivity index is 3.05. The summed E-state index contributed by atoms with van der Waals surface area (Å²) in [7, 11) is 0. The van der Waals surface area contributed by atoms with Crippen LogP contribution in [0.25, 0.3) is 10.4 Å². The van der Waals surface area contributed by atoms with Gasteiger partial charge in [0.2, 0.25) is 0 Å². The molecule has 1 fully saturated rings. The molecule has 0 saturated carbocycles. The van der Waals surface area contributed by atoms with E-state index in [4.69, 9.17) is 20.1 Å². The summed E-state index contributed by atoms with van der Waals surface area (Å²) >= 11 is 0. The molecule has 1 heterocycles. The van der Waals surface area contributed by atoms with Crippen molar-refractivity contribution in [1.29, 1.82) is 0 Å². The first-order valence-corrected chi connectivity index (χ1v) is 5.78. The zero-order valence-corrected chi connectivity index (χ0v) is 10.8. The predicted molar refractivity (Wildman–Crippen MR) is 63.0 cm³/mol. The van der Waals surface area contributed by atoms with Crippen LogP contribution in [0.4, 0.5) is 0 Å². The van der Waals surface area contributed by atoms with Crippen LogP contribution >= 0.6 is 0 Å². The third-order valence-corrected chi connectivity index (χ3v) is 2.94. The van der Waals surface area contributed by atoms with E-state index in [1.807, 2.05) is 0 Å². The fourth-order valence-electron chi connectivity index (χ4n) is 2.12. The van der Waals surface area contributed by atoms with Crippen LogP contribution in [0.3, 0.4) is 0 Å². The second-order valence-electron chi connectivity index (χ2n) is 4.89. The standard InChI is InChI=1S/C10H19N3O6/c1-9(2)18-8(7(17)6(16)3-14)10(5-15,19-9)4-12-13-11/h6-8,14-17H,3-5H2,1-2H3/t6-,7+,8+,10-/m1/s1. The van der Waals surface area contributed by atoms with Gasteiger partial charge in [-0.2, -0.15) is 0 Å². The average Bonchev–Trinajstić information content (AvgIpc) is 2.66. The zero-order chi connectivity index (χ0) is 14.7. The van der Waals surface area contributed by atoms with Crippen molar-refractivity contribution in [2.75, 3.05) is 19.8 Å². The molecule has 19 heavy (non-hydrogen) atoms. The van der Waals surface area contributed by atoms with E-state index in [9.17, 15) is 15.3 Å². The highest BCUT2D eigenvalue weighted by Gasteiger charge is 2.56. The molecule has 0 radical (unpaired) electrons. The van der Waals surface area contributed by atoms with E-state index >= 15 is 0 Å². The molecule has 1 aliphatic heterocycles. The van der Waals surface area contributed by atoms with E-state index < -0.39 is 42.9 Å². The molecule has 0 bridgehead atoms. The molecule has 0 spiro atoms. The Labute approximate surface area is 110 Å². The van der Waals surface area contributed by atoms with E-state index in [-0.39, 0.29) is 6.54 Å². The van der Waals surface area contributed by atoms with E-state index in [0.29, 0.717) is 0 Å². The van der Waals surface area contributed by atoms with Gasteiger partial charge in [-0.1, -0.05) is 5.11 Å². The van der Waals surface area contributed by atoms with Crippen molar-refractivity contribution in [3.05, 3.63) is 10.4 Å². The number of aliphatic hydroxyl groups excluding tert-OH is 4. The van der Waals surface area contributed by atoms with Crippen LogP contribution in [-0.2, 0) is 9.47 Å². The van der Waals surface area contributed by atoms with Crippen molar-refractivity contribution in [3.8, 4) is 0 Å². The van der Waals surface area contributed by atoms with Crippen LogP contribution in [0.5, 0.6) is 0 Å². The maximum absolute atomic E-state index is 9.95. The van der Waals surface area contributed by atoms with Crippen LogP contribution in [0, 0.1) is 0 Å². The lowest BCUT2D eigenvalue weighted by atomic mass is 9.91. The van der Waals surface area contributed by atoms with E-state index in [1.165, 1.54) is 0 Å². The molecule has 9 heteroatoms. The van der Waals surface area contributed by atoms with Gasteiger partial charge >= 0.3 is 0 Å². The van der Waals surface area contributed by atoms with Crippen molar-refractivity contribution in [3.63, 3.8) is 0 Å². The lowest BCUT2D eigenvalue weighted by molar-refractivity contribution is -0.172. The summed E-state index contributed by atoms with van der Waals surface area (Å²) in [6.07, 6.45) is -4.09. The summed E-state index contributed by atoms with van der Waals surface area (Å²) in [4.78, 5) is 2.58.